The molecule has 1 unspecified atom stereocenters. The molecule has 1 rings (SSSR count). The second-order valence-corrected chi connectivity index (χ2v) is 4.80. The molecule has 86 valence electrons. The van der Waals surface area contributed by atoms with Gasteiger partial charge in [0.05, 0.1) is 11.7 Å². The minimum Gasteiger partial charge on any atom is -0.322 e. The molecule has 1 atom stereocenters. The zero-order valence-corrected chi connectivity index (χ0v) is 10.3. The van der Waals surface area contributed by atoms with Crippen molar-refractivity contribution in [3.05, 3.63) is 18.0 Å². The van der Waals surface area contributed by atoms with Crippen LogP contribution < -0.4 is 5.73 Å². The number of nitrogens with two attached hydrogens (primary N) is 1. The van der Waals surface area contributed by atoms with E-state index in [0.717, 1.165) is 25.1 Å². The molecule has 0 radical (unpaired) electrons. The predicted octanol–water partition coefficient (Wildman–Crippen LogP) is 2.73. The molecule has 3 heteroatoms. The van der Waals surface area contributed by atoms with E-state index in [1.807, 2.05) is 16.9 Å². The maximum atomic E-state index is 6.30. The van der Waals surface area contributed by atoms with Crippen LogP contribution in [0, 0.1) is 5.41 Å². The van der Waals surface area contributed by atoms with Crippen LogP contribution in [0.1, 0.15) is 52.3 Å². The molecule has 0 amide bonds. The minimum absolute atomic E-state index is 0.0662. The third-order valence-electron chi connectivity index (χ3n) is 3.26. The molecule has 1 aromatic heterocycles. The van der Waals surface area contributed by atoms with Crippen molar-refractivity contribution in [2.75, 3.05) is 0 Å². The normalized spacial score (nSPS) is 14.2. The van der Waals surface area contributed by atoms with Gasteiger partial charge in [-0.3, -0.25) is 4.68 Å². The number of aryl methyl sites for hydroxylation is 1. The van der Waals surface area contributed by atoms with E-state index in [0.29, 0.717) is 0 Å². The van der Waals surface area contributed by atoms with Crippen LogP contribution in [-0.2, 0) is 6.54 Å². The molecule has 0 saturated carbocycles. The highest BCUT2D eigenvalue weighted by Crippen LogP contribution is 2.33. The first-order valence-corrected chi connectivity index (χ1v) is 5.80. The van der Waals surface area contributed by atoms with Gasteiger partial charge in [0.15, 0.2) is 0 Å². The van der Waals surface area contributed by atoms with E-state index in [1.54, 1.807) is 0 Å². The Balaban J connectivity index is 2.90. The molecule has 0 fully saturated rings. The fourth-order valence-corrected chi connectivity index (χ4v) is 1.63. The Bertz CT molecular complexity index is 302. The lowest BCUT2D eigenvalue weighted by Gasteiger charge is -2.30. The van der Waals surface area contributed by atoms with Crippen LogP contribution in [0.2, 0.25) is 0 Å². The molecule has 0 saturated heterocycles. The number of hydrogen-bond acceptors (Lipinski definition) is 2. The van der Waals surface area contributed by atoms with Crippen LogP contribution in [0.5, 0.6) is 0 Å². The van der Waals surface area contributed by atoms with Crippen LogP contribution in [0.3, 0.4) is 0 Å². The van der Waals surface area contributed by atoms with Gasteiger partial charge in [0.1, 0.15) is 0 Å². The summed E-state index contributed by atoms with van der Waals surface area (Å²) >= 11 is 0. The molecule has 2 N–H and O–H groups in total. The zero-order chi connectivity index (χ0) is 11.5. The number of rotatable bonds is 5. The van der Waals surface area contributed by atoms with E-state index in [1.165, 1.54) is 0 Å². The third-order valence-corrected chi connectivity index (χ3v) is 3.26. The first kappa shape index (κ1) is 12.2. The molecule has 0 aliphatic rings. The quantitative estimate of drug-likeness (QED) is 0.810. The Labute approximate surface area is 92.7 Å². The zero-order valence-electron chi connectivity index (χ0n) is 10.3. The van der Waals surface area contributed by atoms with Crippen molar-refractivity contribution in [2.45, 2.75) is 53.1 Å². The molecule has 0 bridgehead atoms. The largest absolute Gasteiger partial charge is 0.322 e. The first-order valence-electron chi connectivity index (χ1n) is 5.80. The Hall–Kier alpha value is -0.830. The minimum atomic E-state index is 0.0662. The topological polar surface area (TPSA) is 43.8 Å². The van der Waals surface area contributed by atoms with E-state index in [4.69, 9.17) is 5.73 Å². The first-order chi connectivity index (χ1) is 7.03. The van der Waals surface area contributed by atoms with Crippen molar-refractivity contribution < 1.29 is 0 Å². The van der Waals surface area contributed by atoms with Gasteiger partial charge in [-0.05, 0) is 24.3 Å². The van der Waals surface area contributed by atoms with Gasteiger partial charge in [0, 0.05) is 12.7 Å². The average molecular weight is 209 g/mol. The summed E-state index contributed by atoms with van der Waals surface area (Å²) in [6.45, 7) is 9.71. The lowest BCUT2D eigenvalue weighted by atomic mass is 9.81. The Morgan fingerprint density at radius 2 is 2.13 bits per heavy atom. The van der Waals surface area contributed by atoms with Crippen LogP contribution in [0.25, 0.3) is 0 Å². The molecule has 0 spiro atoms. The predicted molar refractivity (Wildman–Crippen MR) is 63.5 cm³/mol. The van der Waals surface area contributed by atoms with Crippen molar-refractivity contribution in [2.24, 2.45) is 11.1 Å². The lowest BCUT2D eigenvalue weighted by Crippen LogP contribution is -2.30. The van der Waals surface area contributed by atoms with Gasteiger partial charge in [0.2, 0.25) is 0 Å². The fraction of sp³-hybridized carbons (Fsp3) is 0.750. The summed E-state index contributed by atoms with van der Waals surface area (Å²) in [7, 11) is 0. The summed E-state index contributed by atoms with van der Waals surface area (Å²) in [5, 5.41) is 4.31. The Morgan fingerprint density at radius 1 is 1.47 bits per heavy atom. The van der Waals surface area contributed by atoms with Crippen LogP contribution >= 0.6 is 0 Å². The van der Waals surface area contributed by atoms with Crippen molar-refractivity contribution in [3.8, 4) is 0 Å². The molecule has 15 heavy (non-hydrogen) atoms. The van der Waals surface area contributed by atoms with Crippen molar-refractivity contribution >= 4 is 0 Å². The van der Waals surface area contributed by atoms with E-state index in [2.05, 4.69) is 32.8 Å². The summed E-state index contributed by atoms with van der Waals surface area (Å²) < 4.78 is 2.03. The Morgan fingerprint density at radius 3 is 2.67 bits per heavy atom. The second-order valence-electron chi connectivity index (χ2n) is 4.80. The molecular formula is C12H23N3. The smallest absolute Gasteiger partial charge is 0.0556 e. The van der Waals surface area contributed by atoms with Crippen LogP contribution in [0.4, 0.5) is 0 Å². The van der Waals surface area contributed by atoms with E-state index >= 15 is 0 Å². The summed E-state index contributed by atoms with van der Waals surface area (Å²) in [4.78, 5) is 0. The monoisotopic (exact) mass is 209 g/mol. The van der Waals surface area contributed by atoms with E-state index in [9.17, 15) is 0 Å². The molecule has 0 aliphatic carbocycles. The van der Waals surface area contributed by atoms with Gasteiger partial charge in [0.25, 0.3) is 0 Å². The highest BCUT2D eigenvalue weighted by atomic mass is 15.3. The number of hydrogen-bond donors (Lipinski definition) is 1. The third kappa shape index (κ3) is 2.59. The summed E-state index contributed by atoms with van der Waals surface area (Å²) in [6.07, 6.45) is 4.01. The second kappa shape index (κ2) is 4.79. The number of nitrogens with zero attached hydrogens (tertiary/aromatic N) is 2. The Kier molecular flexibility index (Phi) is 3.91. The van der Waals surface area contributed by atoms with E-state index in [-0.39, 0.29) is 11.5 Å². The maximum Gasteiger partial charge on any atom is 0.0556 e. The van der Waals surface area contributed by atoms with Gasteiger partial charge in [-0.2, -0.15) is 5.10 Å². The molecular weight excluding hydrogens is 186 g/mol. The number of aromatic nitrogens is 2. The molecule has 0 aliphatic heterocycles. The van der Waals surface area contributed by atoms with Crippen LogP contribution in [0.15, 0.2) is 12.3 Å². The van der Waals surface area contributed by atoms with Gasteiger partial charge in [-0.15, -0.1) is 0 Å². The van der Waals surface area contributed by atoms with Gasteiger partial charge in [-0.25, -0.2) is 0 Å². The summed E-state index contributed by atoms with van der Waals surface area (Å²) in [5.41, 5.74) is 7.58. The van der Waals surface area contributed by atoms with Gasteiger partial charge >= 0.3 is 0 Å². The summed E-state index contributed by atoms with van der Waals surface area (Å²) in [6, 6.07) is 2.11. The molecule has 1 heterocycles. The van der Waals surface area contributed by atoms with Crippen molar-refractivity contribution in [1.29, 1.82) is 0 Å². The highest BCUT2D eigenvalue weighted by Gasteiger charge is 2.27. The SMILES string of the molecule is CCCn1nccc1C(N)C(C)(C)CC. The highest BCUT2D eigenvalue weighted by molar-refractivity contribution is 5.09. The van der Waals surface area contributed by atoms with Gasteiger partial charge < -0.3 is 5.73 Å². The van der Waals surface area contributed by atoms with Crippen molar-refractivity contribution in [1.82, 2.24) is 9.78 Å². The molecule has 0 aromatic carbocycles. The summed E-state index contributed by atoms with van der Waals surface area (Å²) in [5.74, 6) is 0. The fourth-order valence-electron chi connectivity index (χ4n) is 1.63. The van der Waals surface area contributed by atoms with Gasteiger partial charge in [-0.1, -0.05) is 27.7 Å². The standard InChI is InChI=1S/C12H23N3/c1-5-9-15-10(7-8-14-15)11(13)12(3,4)6-2/h7-8,11H,5-6,9,13H2,1-4H3. The van der Waals surface area contributed by atoms with E-state index < -0.39 is 0 Å². The lowest BCUT2D eigenvalue weighted by molar-refractivity contribution is 0.265. The van der Waals surface area contributed by atoms with Crippen LogP contribution in [-0.4, -0.2) is 9.78 Å². The van der Waals surface area contributed by atoms with Crippen molar-refractivity contribution in [3.63, 3.8) is 0 Å². The maximum absolute atomic E-state index is 6.30. The molecule has 3 nitrogen and oxygen atoms in total. The average Bonchev–Trinajstić information content (AvgIpc) is 2.65. The molecule has 1 aromatic rings.